The van der Waals surface area contributed by atoms with Crippen molar-refractivity contribution in [2.24, 2.45) is 5.92 Å². The average molecular weight is 382 g/mol. The zero-order chi connectivity index (χ0) is 19.0. The van der Waals surface area contributed by atoms with Crippen LogP contribution in [0.4, 0.5) is 10.7 Å². The Morgan fingerprint density at radius 3 is 2.86 bits per heavy atom. The molecule has 1 aliphatic heterocycles. The quantitative estimate of drug-likeness (QED) is 0.709. The van der Waals surface area contributed by atoms with Gasteiger partial charge in [0.05, 0.1) is 17.4 Å². The van der Waals surface area contributed by atoms with Crippen molar-refractivity contribution in [2.45, 2.75) is 62.9 Å². The van der Waals surface area contributed by atoms with Gasteiger partial charge in [-0.25, -0.2) is 14.8 Å². The predicted octanol–water partition coefficient (Wildman–Crippen LogP) is 3.04. The number of hydrogen-bond acceptors (Lipinski definition) is 6. The lowest BCUT2D eigenvalue weighted by molar-refractivity contribution is 0.164. The summed E-state index contributed by atoms with van der Waals surface area (Å²) in [5, 5.41) is 13.8. The molecule has 148 valence electrons. The van der Waals surface area contributed by atoms with Crippen molar-refractivity contribution in [1.82, 2.24) is 25.5 Å². The number of aromatic nitrogens is 4. The average Bonchev–Trinajstić information content (AvgIpc) is 3.30. The number of hydrogen-bond donors (Lipinski definition) is 3. The first kappa shape index (κ1) is 17.5. The number of rotatable bonds is 6. The Morgan fingerprint density at radius 2 is 2.11 bits per heavy atom. The fourth-order valence-corrected chi connectivity index (χ4v) is 4.32. The minimum absolute atomic E-state index is 0.175. The second-order valence-electron chi connectivity index (χ2n) is 8.41. The van der Waals surface area contributed by atoms with E-state index in [9.17, 15) is 4.79 Å². The number of carbonyl (C=O) groups excluding carboxylic acids is 1. The number of cyclic esters (lactones) is 1. The number of nitrogens with one attached hydrogen (secondary N) is 3. The van der Waals surface area contributed by atoms with Gasteiger partial charge in [-0.05, 0) is 50.5 Å². The van der Waals surface area contributed by atoms with Crippen LogP contribution in [0, 0.1) is 5.92 Å². The molecule has 0 bridgehead atoms. The van der Waals surface area contributed by atoms with Gasteiger partial charge in [0.15, 0.2) is 0 Å². The van der Waals surface area contributed by atoms with Crippen molar-refractivity contribution in [2.75, 3.05) is 11.9 Å². The molecule has 0 aromatic carbocycles. The van der Waals surface area contributed by atoms with Gasteiger partial charge in [-0.3, -0.25) is 5.10 Å². The lowest BCUT2D eigenvalue weighted by Gasteiger charge is -2.35. The second kappa shape index (κ2) is 7.07. The summed E-state index contributed by atoms with van der Waals surface area (Å²) in [5.41, 5.74) is 2.96. The number of nitrogens with zero attached hydrogens (tertiary/aromatic N) is 3. The van der Waals surface area contributed by atoms with Gasteiger partial charge in [-0.2, -0.15) is 5.10 Å². The number of amides is 1. The molecule has 1 saturated heterocycles. The van der Waals surface area contributed by atoms with Crippen molar-refractivity contribution in [3.05, 3.63) is 24.2 Å². The molecular weight excluding hydrogens is 356 g/mol. The van der Waals surface area contributed by atoms with E-state index in [1.165, 1.54) is 19.3 Å². The Labute approximate surface area is 163 Å². The first-order chi connectivity index (χ1) is 13.7. The molecule has 1 spiro atoms. The Morgan fingerprint density at radius 1 is 1.25 bits per heavy atom. The first-order valence-corrected chi connectivity index (χ1v) is 10.3. The first-order valence-electron chi connectivity index (χ1n) is 10.3. The number of alkyl carbamates (subject to hydrolysis) is 1. The van der Waals surface area contributed by atoms with Gasteiger partial charge in [0.25, 0.3) is 0 Å². The molecule has 8 nitrogen and oxygen atoms in total. The highest BCUT2D eigenvalue weighted by Gasteiger charge is 2.42. The van der Waals surface area contributed by atoms with Crippen molar-refractivity contribution in [3.63, 3.8) is 0 Å². The molecule has 3 N–H and O–H groups in total. The summed E-state index contributed by atoms with van der Waals surface area (Å²) in [6, 6.07) is 2.25. The molecule has 3 aliphatic rings. The summed E-state index contributed by atoms with van der Waals surface area (Å²) in [7, 11) is 0. The highest BCUT2D eigenvalue weighted by molar-refractivity contribution is 5.70. The van der Waals surface area contributed by atoms with Crippen LogP contribution in [0.3, 0.4) is 0 Å². The van der Waals surface area contributed by atoms with E-state index < -0.39 is 0 Å². The highest BCUT2D eigenvalue weighted by atomic mass is 16.6. The molecule has 5 rings (SSSR count). The zero-order valence-corrected chi connectivity index (χ0v) is 15.9. The summed E-state index contributed by atoms with van der Waals surface area (Å²) in [6.07, 6.45) is 12.1. The van der Waals surface area contributed by atoms with Crippen LogP contribution in [0.5, 0.6) is 0 Å². The zero-order valence-electron chi connectivity index (χ0n) is 15.9. The van der Waals surface area contributed by atoms with E-state index in [0.717, 1.165) is 55.0 Å². The summed E-state index contributed by atoms with van der Waals surface area (Å²) in [4.78, 5) is 20.5. The van der Waals surface area contributed by atoms with E-state index in [2.05, 4.69) is 25.8 Å². The minimum atomic E-state index is -0.292. The number of anilines is 1. The molecule has 0 atom stereocenters. The molecule has 3 heterocycles. The number of H-pyrrole nitrogens is 1. The fraction of sp³-hybridized carbons (Fsp3) is 0.600. The molecular formula is C20H26N6O2. The summed E-state index contributed by atoms with van der Waals surface area (Å²) in [5.74, 6) is 1.54. The van der Waals surface area contributed by atoms with Crippen molar-refractivity contribution in [1.29, 1.82) is 0 Å². The molecule has 0 unspecified atom stereocenters. The van der Waals surface area contributed by atoms with Crippen LogP contribution in [-0.4, -0.2) is 44.4 Å². The molecule has 1 amide bonds. The molecule has 8 heteroatoms. The Hall–Kier alpha value is -2.64. The van der Waals surface area contributed by atoms with Crippen molar-refractivity contribution in [3.8, 4) is 11.3 Å². The van der Waals surface area contributed by atoms with Crippen LogP contribution in [0.2, 0.25) is 0 Å². The third-order valence-electron chi connectivity index (χ3n) is 6.27. The maximum atomic E-state index is 11.4. The van der Waals surface area contributed by atoms with Crippen LogP contribution in [-0.2, 0) is 11.2 Å². The van der Waals surface area contributed by atoms with E-state index >= 15 is 0 Å². The molecule has 28 heavy (non-hydrogen) atoms. The fourth-order valence-electron chi connectivity index (χ4n) is 4.32. The van der Waals surface area contributed by atoms with Crippen LogP contribution < -0.4 is 10.6 Å². The third kappa shape index (κ3) is 3.68. The highest BCUT2D eigenvalue weighted by Crippen LogP contribution is 2.35. The smallest absolute Gasteiger partial charge is 0.407 e. The molecule has 3 fully saturated rings. The third-order valence-corrected chi connectivity index (χ3v) is 6.27. The van der Waals surface area contributed by atoms with Gasteiger partial charge >= 0.3 is 6.09 Å². The largest absolute Gasteiger partial charge is 0.447 e. The van der Waals surface area contributed by atoms with Gasteiger partial charge in [-0.1, -0.05) is 12.8 Å². The van der Waals surface area contributed by atoms with Crippen molar-refractivity contribution < 1.29 is 9.53 Å². The van der Waals surface area contributed by atoms with Gasteiger partial charge in [0, 0.05) is 23.5 Å². The minimum Gasteiger partial charge on any atom is -0.447 e. The van der Waals surface area contributed by atoms with Crippen LogP contribution in [0.25, 0.3) is 11.3 Å². The predicted molar refractivity (Wildman–Crippen MR) is 104 cm³/mol. The number of carbonyl (C=O) groups is 1. The maximum Gasteiger partial charge on any atom is 0.407 e. The van der Waals surface area contributed by atoms with Crippen molar-refractivity contribution >= 4 is 12.0 Å². The molecule has 2 saturated carbocycles. The van der Waals surface area contributed by atoms with E-state index in [0.29, 0.717) is 18.6 Å². The van der Waals surface area contributed by atoms with Crippen LogP contribution in [0.15, 0.2) is 18.5 Å². The van der Waals surface area contributed by atoms with E-state index in [-0.39, 0.29) is 11.6 Å². The van der Waals surface area contributed by atoms with Crippen LogP contribution >= 0.6 is 0 Å². The SMILES string of the molecule is O=C1NC2(CCC(Nc3nccc(-c4cn[nH]c4CCC4CC4)n3)CC2)CO1. The summed E-state index contributed by atoms with van der Waals surface area (Å²) >= 11 is 0. The topological polar surface area (TPSA) is 105 Å². The lowest BCUT2D eigenvalue weighted by atomic mass is 9.80. The van der Waals surface area contributed by atoms with Gasteiger partial charge in [-0.15, -0.1) is 0 Å². The van der Waals surface area contributed by atoms with E-state index in [4.69, 9.17) is 9.72 Å². The summed E-state index contributed by atoms with van der Waals surface area (Å²) < 4.78 is 5.10. The standard InChI is InChI=1S/C20H26N6O2/c27-19-25-20(12-28-19)8-5-14(6-9-20)23-18-21-10-7-16(24-18)15-11-22-26-17(15)4-3-13-1-2-13/h7,10-11,13-14H,1-6,8-9,12H2,(H,22,26)(H,25,27)(H,21,23,24). The van der Waals surface area contributed by atoms with Gasteiger partial charge in [0.2, 0.25) is 5.95 Å². The van der Waals surface area contributed by atoms with Crippen LogP contribution in [0.1, 0.15) is 50.6 Å². The molecule has 0 radical (unpaired) electrons. The van der Waals surface area contributed by atoms with E-state index in [1.54, 1.807) is 6.20 Å². The normalized spacial score (nSPS) is 26.9. The Kier molecular flexibility index (Phi) is 4.41. The number of ether oxygens (including phenoxy) is 1. The Balaban J connectivity index is 1.23. The van der Waals surface area contributed by atoms with E-state index in [1.807, 2.05) is 12.3 Å². The maximum absolute atomic E-state index is 11.4. The monoisotopic (exact) mass is 382 g/mol. The lowest BCUT2D eigenvalue weighted by Crippen LogP contribution is -2.48. The number of aryl methyl sites for hydroxylation is 1. The second-order valence-corrected chi connectivity index (χ2v) is 8.41. The molecule has 2 aromatic heterocycles. The summed E-state index contributed by atoms with van der Waals surface area (Å²) in [6.45, 7) is 0.481. The molecule has 2 aromatic rings. The number of aromatic amines is 1. The van der Waals surface area contributed by atoms with Gasteiger partial charge in [0.1, 0.15) is 6.61 Å². The van der Waals surface area contributed by atoms with Gasteiger partial charge < -0.3 is 15.4 Å². The Bertz CT molecular complexity index is 854. The molecule has 2 aliphatic carbocycles.